The molecule has 0 unspecified atom stereocenters. The molecule has 8 bridgehead atoms. The molecule has 0 radical (unpaired) electrons. The maximum Gasteiger partial charge on any atom is 0.306 e. The van der Waals surface area contributed by atoms with Gasteiger partial charge in [0.2, 0.25) is 0 Å². The number of aliphatic imine (C=N–C) groups is 3. The fourth-order valence-corrected chi connectivity index (χ4v) is 8.61. The van der Waals surface area contributed by atoms with Gasteiger partial charge < -0.3 is 20.3 Å². The minimum Gasteiger partial charge on any atom is -0.511 e. The van der Waals surface area contributed by atoms with Gasteiger partial charge in [0.05, 0.1) is 40.3 Å². The van der Waals surface area contributed by atoms with Crippen LogP contribution < -0.4 is 5.32 Å². The number of fused-ring (bicyclic) bond motifs is 5. The Labute approximate surface area is 333 Å². The van der Waals surface area contributed by atoms with Crippen LogP contribution in [-0.2, 0) is 9.53 Å². The van der Waals surface area contributed by atoms with Crippen molar-refractivity contribution in [2.75, 3.05) is 6.61 Å². The van der Waals surface area contributed by atoms with E-state index in [-0.39, 0.29) is 30.8 Å². The molecule has 5 aliphatic heterocycles. The number of carbonyl (C=O) groups is 1. The summed E-state index contributed by atoms with van der Waals surface area (Å²) in [6, 6.07) is 0. The highest BCUT2D eigenvalue weighted by atomic mass is 16.5. The summed E-state index contributed by atoms with van der Waals surface area (Å²) >= 11 is 0. The Morgan fingerprint density at radius 2 is 1.59 bits per heavy atom. The number of hydrogen-bond donors (Lipinski definition) is 3. The molecule has 296 valence electrons. The van der Waals surface area contributed by atoms with Crippen LogP contribution in [0.1, 0.15) is 121 Å². The highest BCUT2D eigenvalue weighted by Gasteiger charge is 2.41. The van der Waals surface area contributed by atoms with Crippen LogP contribution in [0.3, 0.4) is 0 Å². The van der Waals surface area contributed by atoms with Crippen LogP contribution >= 0.6 is 0 Å². The molecule has 6 aliphatic rings. The summed E-state index contributed by atoms with van der Waals surface area (Å²) in [5.74, 6) is 0.0565. The van der Waals surface area contributed by atoms with Gasteiger partial charge in [-0.3, -0.25) is 4.79 Å². The molecule has 6 rings (SSSR count). The number of carbonyl (C=O) groups excluding carboxylic acids is 1. The summed E-state index contributed by atoms with van der Waals surface area (Å²) in [7, 11) is 0. The fourth-order valence-electron chi connectivity index (χ4n) is 8.61. The van der Waals surface area contributed by atoms with Crippen LogP contribution in [0.25, 0.3) is 0 Å². The van der Waals surface area contributed by atoms with Crippen LogP contribution in [0.4, 0.5) is 0 Å². The molecule has 8 heteroatoms. The largest absolute Gasteiger partial charge is 0.511 e. The van der Waals surface area contributed by atoms with Crippen LogP contribution in [0.5, 0.6) is 0 Å². The van der Waals surface area contributed by atoms with E-state index < -0.39 is 6.10 Å². The number of nitrogens with one attached hydrogen (secondary N) is 1. The molecular weight excluding hydrogens is 697 g/mol. The Morgan fingerprint density at radius 3 is 2.29 bits per heavy atom. The molecule has 0 amide bonds. The fraction of sp³-hybridized carbons (Fsp3) is 0.458. The first kappa shape index (κ1) is 40.8. The Hall–Kier alpha value is -4.82. The van der Waals surface area contributed by atoms with Crippen LogP contribution in [0, 0.1) is 11.8 Å². The average Bonchev–Trinajstić information content (AvgIpc) is 3.89. The molecule has 1 fully saturated rings. The molecule has 8 nitrogen and oxygen atoms in total. The average molecular weight is 757 g/mol. The normalized spacial score (nSPS) is 22.7. The minimum atomic E-state index is -0.715. The van der Waals surface area contributed by atoms with Gasteiger partial charge in [0.25, 0.3) is 0 Å². The first-order valence-corrected chi connectivity index (χ1v) is 20.4. The van der Waals surface area contributed by atoms with Gasteiger partial charge >= 0.3 is 5.97 Å². The molecule has 0 spiro atoms. The second kappa shape index (κ2) is 17.1. The molecule has 3 N–H and O–H groups in total. The van der Waals surface area contributed by atoms with Gasteiger partial charge in [0, 0.05) is 52.8 Å². The molecule has 0 aromatic carbocycles. The Bertz CT molecular complexity index is 2160. The zero-order chi connectivity index (χ0) is 40.4. The zero-order valence-corrected chi connectivity index (χ0v) is 35.1. The van der Waals surface area contributed by atoms with Crippen molar-refractivity contribution in [3.8, 4) is 0 Å². The third kappa shape index (κ3) is 8.46. The summed E-state index contributed by atoms with van der Waals surface area (Å²) in [4.78, 5) is 28.5. The van der Waals surface area contributed by atoms with Crippen molar-refractivity contribution in [2.24, 2.45) is 26.8 Å². The Balaban J connectivity index is 1.26. The number of ether oxygens (including phenoxy) is 1. The van der Waals surface area contributed by atoms with E-state index in [1.165, 1.54) is 16.7 Å². The van der Waals surface area contributed by atoms with E-state index >= 15 is 0 Å². The van der Waals surface area contributed by atoms with Gasteiger partial charge in [0.15, 0.2) is 0 Å². The number of nitrogens with zero attached hydrogens (tertiary/aromatic N) is 3. The summed E-state index contributed by atoms with van der Waals surface area (Å²) in [5, 5.41) is 26.1. The minimum absolute atomic E-state index is 0.0155. The van der Waals surface area contributed by atoms with Crippen molar-refractivity contribution in [3.63, 3.8) is 0 Å². The molecule has 1 saturated heterocycles. The lowest BCUT2D eigenvalue weighted by molar-refractivity contribution is -0.142. The molecule has 0 aromatic rings. The predicted octanol–water partition coefficient (Wildman–Crippen LogP) is 10.8. The molecular formula is C48H60N4O4. The van der Waals surface area contributed by atoms with E-state index in [1.807, 2.05) is 32.1 Å². The van der Waals surface area contributed by atoms with Crippen molar-refractivity contribution in [1.29, 1.82) is 0 Å². The molecule has 0 aromatic heterocycles. The smallest absolute Gasteiger partial charge is 0.306 e. The predicted molar refractivity (Wildman–Crippen MR) is 229 cm³/mol. The third-order valence-corrected chi connectivity index (χ3v) is 12.0. The molecule has 56 heavy (non-hydrogen) atoms. The van der Waals surface area contributed by atoms with Crippen molar-refractivity contribution in [1.82, 2.24) is 5.32 Å². The van der Waals surface area contributed by atoms with E-state index in [4.69, 9.17) is 19.7 Å². The number of rotatable bonds is 13. The SMILES string of the molecule is CCC1=C(C)C2=NC1=CC1=C(C)C3=C(O)CC(=C4NC(=CC5=NC(=C2)C([C@@H](C)O)=C5C)[C@@H](C)[C@@H]4CCC(=O)OCC=C(C)CCC=C(C)CCC=C(C)C)C3=N1. The first-order valence-electron chi connectivity index (χ1n) is 20.4. The van der Waals surface area contributed by atoms with Crippen LogP contribution in [0.2, 0.25) is 0 Å². The second-order valence-corrected chi connectivity index (χ2v) is 16.4. The van der Waals surface area contributed by atoms with Crippen LogP contribution in [0.15, 0.2) is 141 Å². The first-order chi connectivity index (χ1) is 26.7. The number of aliphatic hydroxyl groups excluding tert-OH is 2. The number of allylic oxidation sites excluding steroid dienone is 16. The molecule has 5 heterocycles. The summed E-state index contributed by atoms with van der Waals surface area (Å²) in [6.07, 6.45) is 18.1. The topological polar surface area (TPSA) is 116 Å². The van der Waals surface area contributed by atoms with Crippen molar-refractivity contribution in [2.45, 2.75) is 127 Å². The molecule has 1 aliphatic carbocycles. The van der Waals surface area contributed by atoms with Crippen molar-refractivity contribution >= 4 is 23.1 Å². The third-order valence-electron chi connectivity index (χ3n) is 12.0. The molecule has 3 atom stereocenters. The van der Waals surface area contributed by atoms with Gasteiger partial charge in [-0.05, 0) is 141 Å². The van der Waals surface area contributed by atoms with Gasteiger partial charge in [-0.25, -0.2) is 15.0 Å². The van der Waals surface area contributed by atoms with E-state index in [0.29, 0.717) is 24.3 Å². The summed E-state index contributed by atoms with van der Waals surface area (Å²) < 4.78 is 5.73. The van der Waals surface area contributed by atoms with Gasteiger partial charge in [-0.1, -0.05) is 42.7 Å². The molecule has 0 saturated carbocycles. The second-order valence-electron chi connectivity index (χ2n) is 16.4. The van der Waals surface area contributed by atoms with E-state index in [9.17, 15) is 15.0 Å². The highest BCUT2D eigenvalue weighted by molar-refractivity contribution is 6.21. The quantitative estimate of drug-likeness (QED) is 0.128. The summed E-state index contributed by atoms with van der Waals surface area (Å²) in [6.45, 7) is 21.0. The Kier molecular flexibility index (Phi) is 12.5. The lowest BCUT2D eigenvalue weighted by Crippen LogP contribution is -2.16. The van der Waals surface area contributed by atoms with E-state index in [2.05, 4.69) is 72.0 Å². The number of esters is 1. The standard InChI is InChI=1S/C48H60N4O4/c1-11-34-29(6)37-25-42-45(33(10)53)31(8)39(50-42)23-38-30(7)35(18-19-44(55)56-21-20-28(5)17-13-16-27(4)15-12-14-26(2)3)47(51-38)36-22-43(54)46-32(9)40(52-48(36)46)24-41(34)49-37/h14,16,20,23-25,30,33,35,51,53-54H,11-13,15,17-19,21-22H2,1-10H3/t30-,33+,35-/m0/s1. The van der Waals surface area contributed by atoms with E-state index in [1.54, 1.807) is 6.92 Å². The van der Waals surface area contributed by atoms with Crippen molar-refractivity contribution < 1.29 is 19.7 Å². The Morgan fingerprint density at radius 1 is 0.911 bits per heavy atom. The van der Waals surface area contributed by atoms with E-state index in [0.717, 1.165) is 111 Å². The monoisotopic (exact) mass is 756 g/mol. The van der Waals surface area contributed by atoms with Gasteiger partial charge in [0.1, 0.15) is 12.4 Å². The lowest BCUT2D eigenvalue weighted by Gasteiger charge is -2.17. The van der Waals surface area contributed by atoms with Gasteiger partial charge in [-0.2, -0.15) is 0 Å². The lowest BCUT2D eigenvalue weighted by atomic mass is 9.86. The number of aliphatic hydroxyl groups is 2. The highest BCUT2D eigenvalue weighted by Crippen LogP contribution is 2.46. The maximum absolute atomic E-state index is 13.2. The van der Waals surface area contributed by atoms with Crippen molar-refractivity contribution in [3.05, 3.63) is 126 Å². The van der Waals surface area contributed by atoms with Crippen LogP contribution in [-0.4, -0.2) is 46.0 Å². The summed E-state index contributed by atoms with van der Waals surface area (Å²) in [5.41, 5.74) is 17.3. The zero-order valence-electron chi connectivity index (χ0n) is 35.1. The number of hydrogen-bond acceptors (Lipinski definition) is 8. The van der Waals surface area contributed by atoms with Gasteiger partial charge in [-0.15, -0.1) is 0 Å². The maximum atomic E-state index is 13.2.